The van der Waals surface area contributed by atoms with Gasteiger partial charge in [-0.2, -0.15) is 0 Å². The molecule has 0 radical (unpaired) electrons. The predicted octanol–water partition coefficient (Wildman–Crippen LogP) is 14.8. The number of hydrogen-bond donors (Lipinski definition) is 0. The lowest BCUT2D eigenvalue weighted by molar-refractivity contribution is 0.590. The fourth-order valence-electron chi connectivity index (χ4n) is 9.97. The average molecular weight is 810 g/mol. The maximum atomic E-state index is 2.73. The molecular formula is C56H52BN3S. The normalized spacial score (nSPS) is 13.6. The number of thiophene rings is 1. The number of fused-ring (bicyclic) bond motifs is 9. The highest BCUT2D eigenvalue weighted by atomic mass is 32.1. The van der Waals surface area contributed by atoms with Gasteiger partial charge in [0, 0.05) is 60.7 Å². The van der Waals surface area contributed by atoms with Crippen LogP contribution in [0.2, 0.25) is 0 Å². The maximum absolute atomic E-state index is 2.73. The van der Waals surface area contributed by atoms with Crippen molar-refractivity contribution < 1.29 is 0 Å². The Balaban J connectivity index is 1.24. The molecule has 0 saturated carbocycles. The lowest BCUT2D eigenvalue weighted by Crippen LogP contribution is -2.57. The zero-order chi connectivity index (χ0) is 42.2. The van der Waals surface area contributed by atoms with E-state index in [0.717, 1.165) is 17.1 Å². The third-order valence-electron chi connectivity index (χ3n) is 13.2. The average Bonchev–Trinajstić information content (AvgIpc) is 3.77. The minimum absolute atomic E-state index is 0.0526. The van der Waals surface area contributed by atoms with Crippen LogP contribution in [0.5, 0.6) is 0 Å². The summed E-state index contributed by atoms with van der Waals surface area (Å²) < 4.78 is 5.43. The topological polar surface area (TPSA) is 11.4 Å². The van der Waals surface area contributed by atoms with Crippen molar-refractivity contribution in [1.29, 1.82) is 0 Å². The third-order valence-corrected chi connectivity index (χ3v) is 14.4. The van der Waals surface area contributed by atoms with E-state index in [-0.39, 0.29) is 23.1 Å². The Labute approximate surface area is 365 Å². The molecule has 300 valence electrons. The van der Waals surface area contributed by atoms with Crippen molar-refractivity contribution in [3.05, 3.63) is 168 Å². The molecule has 0 saturated heterocycles. The van der Waals surface area contributed by atoms with Crippen molar-refractivity contribution >= 4 is 94.4 Å². The number of para-hydroxylation sites is 2. The summed E-state index contributed by atoms with van der Waals surface area (Å²) in [5, 5.41) is 2.66. The van der Waals surface area contributed by atoms with Crippen LogP contribution in [0.1, 0.15) is 79.0 Å². The van der Waals surface area contributed by atoms with E-state index in [4.69, 9.17) is 0 Å². The first-order valence-corrected chi connectivity index (χ1v) is 22.6. The summed E-state index contributed by atoms with van der Waals surface area (Å²) in [5.41, 5.74) is 19.1. The second-order valence-corrected chi connectivity index (χ2v) is 21.4. The van der Waals surface area contributed by atoms with Crippen LogP contribution in [0.15, 0.2) is 152 Å². The van der Waals surface area contributed by atoms with Crippen molar-refractivity contribution in [2.75, 3.05) is 9.80 Å². The minimum atomic E-state index is -0.0600. The van der Waals surface area contributed by atoms with Crippen LogP contribution in [0.3, 0.4) is 0 Å². The Kier molecular flexibility index (Phi) is 8.23. The first-order valence-electron chi connectivity index (χ1n) is 21.8. The lowest BCUT2D eigenvalue weighted by Gasteiger charge is -2.42. The van der Waals surface area contributed by atoms with E-state index >= 15 is 0 Å². The number of rotatable bonds is 4. The van der Waals surface area contributed by atoms with Crippen molar-refractivity contribution in [3.8, 4) is 11.1 Å². The number of benzene rings is 7. The number of hydrogen-bond acceptors (Lipinski definition) is 3. The van der Waals surface area contributed by atoms with E-state index in [1.54, 1.807) is 0 Å². The number of nitrogens with zero attached hydrogens (tertiary/aromatic N) is 3. The van der Waals surface area contributed by atoms with Crippen molar-refractivity contribution in [2.24, 2.45) is 0 Å². The molecule has 0 amide bonds. The van der Waals surface area contributed by atoms with Crippen molar-refractivity contribution in [3.63, 3.8) is 0 Å². The summed E-state index contributed by atoms with van der Waals surface area (Å²) in [6.07, 6.45) is 0. The van der Waals surface area contributed by atoms with E-state index in [9.17, 15) is 0 Å². The van der Waals surface area contributed by atoms with Gasteiger partial charge in [0.25, 0.3) is 0 Å². The Morgan fingerprint density at radius 1 is 0.475 bits per heavy atom. The molecule has 11 rings (SSSR count). The fourth-order valence-corrected chi connectivity index (χ4v) is 11.2. The summed E-state index contributed by atoms with van der Waals surface area (Å²) in [7, 11) is 0. The maximum Gasteiger partial charge on any atom is 0.333 e. The van der Waals surface area contributed by atoms with Gasteiger partial charge in [-0.3, -0.25) is 0 Å². The van der Waals surface area contributed by atoms with E-state index < -0.39 is 0 Å². The Bertz CT molecular complexity index is 3130. The molecule has 4 heterocycles. The van der Waals surface area contributed by atoms with Crippen molar-refractivity contribution in [1.82, 2.24) is 4.48 Å². The summed E-state index contributed by atoms with van der Waals surface area (Å²) in [5.74, 6) is 0. The van der Waals surface area contributed by atoms with Crippen LogP contribution in [-0.4, -0.2) is 11.3 Å². The molecule has 0 bridgehead atoms. The highest BCUT2D eigenvalue weighted by molar-refractivity contribution is 7.27. The SMILES string of the molecule is CC(C)(C)c1ccc(N(c2ccc(C(C)(C)C)cc2)c2ccc3c(c2)B2c4c(cc(C(C)(C)C)cc4N3c3ccccc3)-c3cccc4c5sc6ccccc6c5n2c34)cc1. The molecule has 2 aliphatic rings. The van der Waals surface area contributed by atoms with E-state index in [2.05, 4.69) is 228 Å². The van der Waals surface area contributed by atoms with Crippen LogP contribution < -0.4 is 20.7 Å². The second-order valence-electron chi connectivity index (χ2n) is 20.3. The standard InChI is InChI=1S/C56H52BN3S/c1-54(2,3)35-22-26-39(27-23-35)58(40-28-24-36(25-29-40)55(4,5)6)41-30-31-47-46(34-41)57-50-45(32-37(56(7,8)9)33-48(50)59(47)38-16-11-10-12-17-38)42-19-15-20-44-51(42)60(57)52-43-18-13-14-21-49(43)61-53(44)52/h10-34H,1-9H3. The quantitative estimate of drug-likeness (QED) is 0.164. The van der Waals surface area contributed by atoms with Crippen LogP contribution in [0.25, 0.3) is 42.3 Å². The molecule has 2 aromatic heterocycles. The van der Waals surface area contributed by atoms with Gasteiger partial charge in [0.2, 0.25) is 0 Å². The molecule has 0 fully saturated rings. The molecule has 0 unspecified atom stereocenters. The summed E-state index contributed by atoms with van der Waals surface area (Å²) in [4.78, 5) is 5.00. The van der Waals surface area contributed by atoms with Gasteiger partial charge in [-0.25, -0.2) is 0 Å². The number of anilines is 6. The highest BCUT2D eigenvalue weighted by Gasteiger charge is 2.44. The molecule has 2 aliphatic heterocycles. The van der Waals surface area contributed by atoms with Gasteiger partial charge in [-0.1, -0.05) is 147 Å². The Morgan fingerprint density at radius 2 is 1.07 bits per heavy atom. The molecule has 7 aromatic carbocycles. The molecule has 5 heteroatoms. The van der Waals surface area contributed by atoms with Gasteiger partial charge in [-0.05, 0) is 116 Å². The number of aromatic nitrogens is 1. The van der Waals surface area contributed by atoms with Gasteiger partial charge < -0.3 is 14.3 Å². The summed E-state index contributed by atoms with van der Waals surface area (Å²) in [6.45, 7) is 20.7. The fraction of sp³-hybridized carbons (Fsp3) is 0.214. The zero-order valence-electron chi connectivity index (χ0n) is 36.8. The molecule has 61 heavy (non-hydrogen) atoms. The van der Waals surface area contributed by atoms with E-state index in [1.807, 2.05) is 11.3 Å². The first-order chi connectivity index (χ1) is 29.2. The molecule has 0 aliphatic carbocycles. The largest absolute Gasteiger partial charge is 0.374 e. The smallest absolute Gasteiger partial charge is 0.333 e. The van der Waals surface area contributed by atoms with Crippen LogP contribution in [0, 0.1) is 0 Å². The second kappa shape index (κ2) is 13.2. The third kappa shape index (κ3) is 5.84. The van der Waals surface area contributed by atoms with Gasteiger partial charge in [0.1, 0.15) is 0 Å². The molecule has 9 aromatic rings. The van der Waals surface area contributed by atoms with Gasteiger partial charge in [-0.15, -0.1) is 11.3 Å². The molecule has 3 nitrogen and oxygen atoms in total. The molecule has 0 N–H and O–H groups in total. The summed E-state index contributed by atoms with van der Waals surface area (Å²) in [6, 6.07) is 57.7. The van der Waals surface area contributed by atoms with Gasteiger partial charge >= 0.3 is 6.85 Å². The van der Waals surface area contributed by atoms with Crippen LogP contribution in [-0.2, 0) is 16.2 Å². The predicted molar refractivity (Wildman–Crippen MR) is 266 cm³/mol. The Morgan fingerprint density at radius 3 is 1.70 bits per heavy atom. The first kappa shape index (κ1) is 37.9. The summed E-state index contributed by atoms with van der Waals surface area (Å²) >= 11 is 1.93. The lowest BCUT2D eigenvalue weighted by atomic mass is 9.44. The minimum Gasteiger partial charge on any atom is -0.374 e. The Hall–Kier alpha value is -6.04. The van der Waals surface area contributed by atoms with E-state index in [0.29, 0.717) is 0 Å². The molecule has 0 atom stereocenters. The van der Waals surface area contributed by atoms with Gasteiger partial charge in [0.15, 0.2) is 0 Å². The monoisotopic (exact) mass is 809 g/mol. The zero-order valence-corrected chi connectivity index (χ0v) is 37.6. The highest BCUT2D eigenvalue weighted by Crippen LogP contribution is 2.50. The molecular weight excluding hydrogens is 758 g/mol. The van der Waals surface area contributed by atoms with E-state index in [1.165, 1.54) is 87.0 Å². The van der Waals surface area contributed by atoms with Crippen LogP contribution in [0.4, 0.5) is 34.1 Å². The molecule has 0 spiro atoms. The van der Waals surface area contributed by atoms with Gasteiger partial charge in [0.05, 0.1) is 10.2 Å². The van der Waals surface area contributed by atoms with Crippen molar-refractivity contribution in [2.45, 2.75) is 78.6 Å². The van der Waals surface area contributed by atoms with Crippen LogP contribution >= 0.6 is 11.3 Å².